The summed E-state index contributed by atoms with van der Waals surface area (Å²) in [5.74, 6) is 2.79. The SMILES string of the molecule is COCc1cc(N2CCCN(c3ccc(C)nn3)CC2)nc(C(C)(C)C)n1. The highest BCUT2D eigenvalue weighted by Crippen LogP contribution is 2.24. The number of hydrogen-bond donors (Lipinski definition) is 0. The highest BCUT2D eigenvalue weighted by molar-refractivity contribution is 5.43. The number of hydrogen-bond acceptors (Lipinski definition) is 7. The second-order valence-corrected chi connectivity index (χ2v) is 8.08. The largest absolute Gasteiger partial charge is 0.378 e. The van der Waals surface area contributed by atoms with Gasteiger partial charge in [0.15, 0.2) is 5.82 Å². The van der Waals surface area contributed by atoms with Gasteiger partial charge in [-0.25, -0.2) is 9.97 Å². The summed E-state index contributed by atoms with van der Waals surface area (Å²) in [6, 6.07) is 6.12. The van der Waals surface area contributed by atoms with Crippen LogP contribution >= 0.6 is 0 Å². The summed E-state index contributed by atoms with van der Waals surface area (Å²) >= 11 is 0. The van der Waals surface area contributed by atoms with E-state index in [9.17, 15) is 0 Å². The first-order valence-electron chi connectivity index (χ1n) is 9.54. The first-order chi connectivity index (χ1) is 12.9. The first kappa shape index (κ1) is 19.5. The maximum atomic E-state index is 5.31. The summed E-state index contributed by atoms with van der Waals surface area (Å²) in [6.07, 6.45) is 1.05. The van der Waals surface area contributed by atoms with Gasteiger partial charge >= 0.3 is 0 Å². The zero-order chi connectivity index (χ0) is 19.4. The van der Waals surface area contributed by atoms with Crippen LogP contribution < -0.4 is 9.80 Å². The second kappa shape index (κ2) is 8.17. The van der Waals surface area contributed by atoms with Crippen LogP contribution in [0.15, 0.2) is 18.2 Å². The van der Waals surface area contributed by atoms with E-state index >= 15 is 0 Å². The lowest BCUT2D eigenvalue weighted by atomic mass is 9.95. The molecule has 7 nitrogen and oxygen atoms in total. The molecule has 0 unspecified atom stereocenters. The van der Waals surface area contributed by atoms with E-state index in [-0.39, 0.29) is 5.41 Å². The Kier molecular flexibility index (Phi) is 5.89. The minimum Gasteiger partial charge on any atom is -0.378 e. The Morgan fingerprint density at radius 2 is 1.67 bits per heavy atom. The topological polar surface area (TPSA) is 67.3 Å². The Hall–Kier alpha value is -2.28. The predicted molar refractivity (Wildman–Crippen MR) is 107 cm³/mol. The molecule has 0 saturated carbocycles. The van der Waals surface area contributed by atoms with Gasteiger partial charge in [-0.1, -0.05) is 20.8 Å². The average Bonchev–Trinajstić information content (AvgIpc) is 2.88. The molecule has 0 N–H and O–H groups in total. The van der Waals surface area contributed by atoms with Crippen molar-refractivity contribution in [2.45, 2.75) is 46.1 Å². The minimum absolute atomic E-state index is 0.103. The van der Waals surface area contributed by atoms with Gasteiger partial charge in [0.1, 0.15) is 11.6 Å². The van der Waals surface area contributed by atoms with Gasteiger partial charge in [-0.15, -0.1) is 5.10 Å². The Balaban J connectivity index is 1.80. The smallest absolute Gasteiger partial charge is 0.151 e. The molecule has 146 valence electrons. The molecule has 0 spiro atoms. The molecule has 0 aromatic carbocycles. The minimum atomic E-state index is -0.103. The summed E-state index contributed by atoms with van der Waals surface area (Å²) in [5.41, 5.74) is 1.77. The van der Waals surface area contributed by atoms with Crippen LogP contribution in [0.2, 0.25) is 0 Å². The molecule has 1 fully saturated rings. The van der Waals surface area contributed by atoms with E-state index in [4.69, 9.17) is 14.7 Å². The molecule has 7 heteroatoms. The molecule has 2 aromatic heterocycles. The van der Waals surface area contributed by atoms with Crippen molar-refractivity contribution in [2.24, 2.45) is 0 Å². The zero-order valence-corrected chi connectivity index (χ0v) is 17.1. The number of anilines is 2. The van der Waals surface area contributed by atoms with Gasteiger partial charge in [0.2, 0.25) is 0 Å². The summed E-state index contributed by atoms with van der Waals surface area (Å²) < 4.78 is 5.31. The summed E-state index contributed by atoms with van der Waals surface area (Å²) in [5, 5.41) is 8.53. The Bertz CT molecular complexity index is 756. The van der Waals surface area contributed by atoms with Crippen LogP contribution in [-0.2, 0) is 16.8 Å². The van der Waals surface area contributed by atoms with E-state index in [0.29, 0.717) is 6.61 Å². The van der Waals surface area contributed by atoms with Gasteiger partial charge in [0.25, 0.3) is 0 Å². The van der Waals surface area contributed by atoms with Crippen LogP contribution in [0.1, 0.15) is 44.4 Å². The molecule has 1 aliphatic heterocycles. The number of nitrogens with zero attached hydrogens (tertiary/aromatic N) is 6. The fourth-order valence-corrected chi connectivity index (χ4v) is 3.14. The highest BCUT2D eigenvalue weighted by Gasteiger charge is 2.22. The molecule has 27 heavy (non-hydrogen) atoms. The van der Waals surface area contributed by atoms with Gasteiger partial charge in [-0.3, -0.25) is 0 Å². The quantitative estimate of drug-likeness (QED) is 0.820. The van der Waals surface area contributed by atoms with Gasteiger partial charge in [0.05, 0.1) is 18.0 Å². The average molecular weight is 371 g/mol. The van der Waals surface area contributed by atoms with E-state index in [2.05, 4.69) is 52.9 Å². The van der Waals surface area contributed by atoms with E-state index < -0.39 is 0 Å². The van der Waals surface area contributed by atoms with E-state index in [1.807, 2.05) is 13.0 Å². The third kappa shape index (κ3) is 4.91. The van der Waals surface area contributed by atoms with Crippen molar-refractivity contribution < 1.29 is 4.74 Å². The Labute approximate surface area is 161 Å². The maximum Gasteiger partial charge on any atom is 0.151 e. The van der Waals surface area contributed by atoms with Crippen molar-refractivity contribution in [2.75, 3.05) is 43.1 Å². The van der Waals surface area contributed by atoms with Crippen molar-refractivity contribution in [3.8, 4) is 0 Å². The van der Waals surface area contributed by atoms with Crippen molar-refractivity contribution in [3.63, 3.8) is 0 Å². The van der Waals surface area contributed by atoms with Crippen LogP contribution in [0.3, 0.4) is 0 Å². The van der Waals surface area contributed by atoms with Crippen molar-refractivity contribution in [3.05, 3.63) is 35.4 Å². The molecule has 0 atom stereocenters. The Morgan fingerprint density at radius 1 is 0.963 bits per heavy atom. The molecule has 0 bridgehead atoms. The number of methoxy groups -OCH3 is 1. The highest BCUT2D eigenvalue weighted by atomic mass is 16.5. The molecule has 0 aliphatic carbocycles. The number of aromatic nitrogens is 4. The second-order valence-electron chi connectivity index (χ2n) is 8.08. The van der Waals surface area contributed by atoms with Crippen LogP contribution in [0, 0.1) is 6.92 Å². The summed E-state index contributed by atoms with van der Waals surface area (Å²) in [7, 11) is 1.70. The maximum absolute atomic E-state index is 5.31. The molecule has 1 saturated heterocycles. The molecular formula is C20H30N6O. The number of ether oxygens (including phenoxy) is 1. The molecule has 2 aromatic rings. The summed E-state index contributed by atoms with van der Waals surface area (Å²) in [4.78, 5) is 14.2. The van der Waals surface area contributed by atoms with E-state index in [1.54, 1.807) is 7.11 Å². The molecule has 1 aliphatic rings. The van der Waals surface area contributed by atoms with Gasteiger partial charge in [-0.05, 0) is 25.5 Å². The van der Waals surface area contributed by atoms with Gasteiger partial charge < -0.3 is 14.5 Å². The molecule has 0 radical (unpaired) electrons. The van der Waals surface area contributed by atoms with Crippen molar-refractivity contribution >= 4 is 11.6 Å². The van der Waals surface area contributed by atoms with Gasteiger partial charge in [0, 0.05) is 44.8 Å². The van der Waals surface area contributed by atoms with Gasteiger partial charge in [-0.2, -0.15) is 5.10 Å². The molecular weight excluding hydrogens is 340 g/mol. The van der Waals surface area contributed by atoms with Crippen LogP contribution in [0.25, 0.3) is 0 Å². The molecule has 3 rings (SSSR count). The van der Waals surface area contributed by atoms with Crippen LogP contribution in [-0.4, -0.2) is 53.5 Å². The fourth-order valence-electron chi connectivity index (χ4n) is 3.14. The molecule has 0 amide bonds. The summed E-state index contributed by atoms with van der Waals surface area (Å²) in [6.45, 7) is 12.6. The lowest BCUT2D eigenvalue weighted by Crippen LogP contribution is -2.32. The lowest BCUT2D eigenvalue weighted by Gasteiger charge is -2.25. The van der Waals surface area contributed by atoms with E-state index in [0.717, 1.165) is 61.4 Å². The normalized spacial score (nSPS) is 15.7. The third-order valence-corrected chi connectivity index (χ3v) is 4.66. The third-order valence-electron chi connectivity index (χ3n) is 4.66. The molecule has 3 heterocycles. The Morgan fingerprint density at radius 3 is 2.26 bits per heavy atom. The fraction of sp³-hybridized carbons (Fsp3) is 0.600. The van der Waals surface area contributed by atoms with Crippen LogP contribution in [0.5, 0.6) is 0 Å². The number of aryl methyl sites for hydroxylation is 1. The van der Waals surface area contributed by atoms with Crippen LogP contribution in [0.4, 0.5) is 11.6 Å². The predicted octanol–water partition coefficient (Wildman–Crippen LogP) is 2.74. The van der Waals surface area contributed by atoms with Crippen molar-refractivity contribution in [1.29, 1.82) is 0 Å². The lowest BCUT2D eigenvalue weighted by molar-refractivity contribution is 0.181. The first-order valence-corrected chi connectivity index (χ1v) is 9.54. The monoisotopic (exact) mass is 370 g/mol. The van der Waals surface area contributed by atoms with E-state index in [1.165, 1.54) is 0 Å². The standard InChI is InChI=1S/C20H30N6O/c1-15-7-8-17(24-23-15)25-9-6-10-26(12-11-25)18-13-16(14-27-5)21-19(22-18)20(2,3)4/h7-8,13H,6,9-12,14H2,1-5H3. The number of rotatable bonds is 4. The van der Waals surface area contributed by atoms with Crippen molar-refractivity contribution in [1.82, 2.24) is 20.2 Å². The zero-order valence-electron chi connectivity index (χ0n) is 17.1.